The van der Waals surface area contributed by atoms with E-state index in [4.69, 9.17) is 9.84 Å². The van der Waals surface area contributed by atoms with Gasteiger partial charge in [0, 0.05) is 18.0 Å². The van der Waals surface area contributed by atoms with Crippen LogP contribution in [0.3, 0.4) is 0 Å². The molecule has 5 heteroatoms. The quantitative estimate of drug-likeness (QED) is 0.901. The Hall–Kier alpha value is -2.40. The summed E-state index contributed by atoms with van der Waals surface area (Å²) in [5, 5.41) is 9.00. The molecule has 0 spiro atoms. The maximum absolute atomic E-state index is 11.9. The molecular weight excluding hydrogens is 258 g/mol. The standard InChI is InChI=1S/C15H13NO4/c17-14-4-2-11(15(18)19)8-16(14)13-3-1-10-5-6-20-9-12(10)7-13/h1-4,7-8H,5-6,9H2,(H,18,19). The lowest BCUT2D eigenvalue weighted by atomic mass is 10.0. The fraction of sp³-hybridized carbons (Fsp3) is 0.200. The molecule has 5 nitrogen and oxygen atoms in total. The summed E-state index contributed by atoms with van der Waals surface area (Å²) in [7, 11) is 0. The molecule has 0 unspecified atom stereocenters. The molecule has 0 amide bonds. The number of ether oxygens (including phenoxy) is 1. The molecule has 2 aromatic rings. The van der Waals surface area contributed by atoms with Gasteiger partial charge in [0.2, 0.25) is 0 Å². The van der Waals surface area contributed by atoms with Crippen molar-refractivity contribution in [2.45, 2.75) is 13.0 Å². The highest BCUT2D eigenvalue weighted by Gasteiger charge is 2.12. The predicted octanol–water partition coefficient (Wildman–Crippen LogP) is 1.61. The van der Waals surface area contributed by atoms with Gasteiger partial charge in [-0.3, -0.25) is 9.36 Å². The first-order valence-corrected chi connectivity index (χ1v) is 6.31. The second-order valence-electron chi connectivity index (χ2n) is 4.69. The van der Waals surface area contributed by atoms with Gasteiger partial charge in [-0.05, 0) is 35.7 Å². The van der Waals surface area contributed by atoms with Crippen molar-refractivity contribution in [1.29, 1.82) is 0 Å². The third-order valence-corrected chi connectivity index (χ3v) is 3.40. The van der Waals surface area contributed by atoms with E-state index in [2.05, 4.69) is 0 Å². The zero-order chi connectivity index (χ0) is 14.1. The van der Waals surface area contributed by atoms with E-state index in [1.807, 2.05) is 18.2 Å². The minimum atomic E-state index is -1.06. The van der Waals surface area contributed by atoms with Crippen LogP contribution in [0, 0.1) is 0 Å². The molecule has 102 valence electrons. The zero-order valence-electron chi connectivity index (χ0n) is 10.7. The molecule has 1 aliphatic rings. The Balaban J connectivity index is 2.11. The first kappa shape index (κ1) is 12.6. The summed E-state index contributed by atoms with van der Waals surface area (Å²) in [5.74, 6) is -1.06. The van der Waals surface area contributed by atoms with E-state index in [1.165, 1.54) is 28.5 Å². The first-order chi connectivity index (χ1) is 9.65. The van der Waals surface area contributed by atoms with E-state index in [9.17, 15) is 9.59 Å². The van der Waals surface area contributed by atoms with Crippen LogP contribution in [0.4, 0.5) is 0 Å². The molecule has 20 heavy (non-hydrogen) atoms. The number of carboxylic acid groups (broad SMARTS) is 1. The molecule has 3 rings (SSSR count). The second kappa shape index (κ2) is 4.94. The van der Waals surface area contributed by atoms with Crippen LogP contribution < -0.4 is 5.56 Å². The lowest BCUT2D eigenvalue weighted by molar-refractivity contribution is 0.0696. The van der Waals surface area contributed by atoms with E-state index in [0.29, 0.717) is 18.9 Å². The average Bonchev–Trinajstić information content (AvgIpc) is 2.47. The molecule has 1 aromatic carbocycles. The lowest BCUT2D eigenvalue weighted by Crippen LogP contribution is -2.19. The van der Waals surface area contributed by atoms with Crippen LogP contribution in [0.2, 0.25) is 0 Å². The molecule has 1 N–H and O–H groups in total. The second-order valence-corrected chi connectivity index (χ2v) is 4.69. The fourth-order valence-electron chi connectivity index (χ4n) is 2.32. The minimum Gasteiger partial charge on any atom is -0.478 e. The van der Waals surface area contributed by atoms with E-state index in [1.54, 1.807) is 0 Å². The number of nitrogens with zero attached hydrogens (tertiary/aromatic N) is 1. The first-order valence-electron chi connectivity index (χ1n) is 6.31. The Morgan fingerprint density at radius 2 is 2.05 bits per heavy atom. The third-order valence-electron chi connectivity index (χ3n) is 3.40. The number of carboxylic acids is 1. The Morgan fingerprint density at radius 1 is 1.20 bits per heavy atom. The zero-order valence-corrected chi connectivity index (χ0v) is 10.7. The van der Waals surface area contributed by atoms with E-state index in [0.717, 1.165) is 12.0 Å². The summed E-state index contributed by atoms with van der Waals surface area (Å²) in [6.07, 6.45) is 2.20. The van der Waals surface area contributed by atoms with Gasteiger partial charge in [0.15, 0.2) is 0 Å². The van der Waals surface area contributed by atoms with Gasteiger partial charge >= 0.3 is 5.97 Å². The Labute approximate surface area is 115 Å². The monoisotopic (exact) mass is 271 g/mol. The van der Waals surface area contributed by atoms with Crippen LogP contribution in [0.15, 0.2) is 41.3 Å². The van der Waals surface area contributed by atoms with Crippen LogP contribution in [0.1, 0.15) is 21.5 Å². The van der Waals surface area contributed by atoms with Crippen LogP contribution in [0.5, 0.6) is 0 Å². The number of aromatic nitrogens is 1. The third kappa shape index (κ3) is 2.23. The topological polar surface area (TPSA) is 68.5 Å². The predicted molar refractivity (Wildman–Crippen MR) is 72.4 cm³/mol. The van der Waals surface area contributed by atoms with Crippen molar-refractivity contribution in [3.05, 3.63) is 63.6 Å². The van der Waals surface area contributed by atoms with Crippen molar-refractivity contribution >= 4 is 5.97 Å². The SMILES string of the molecule is O=C(O)c1ccc(=O)n(-c2ccc3c(c2)COCC3)c1. The molecule has 0 saturated heterocycles. The normalized spacial score (nSPS) is 13.8. The summed E-state index contributed by atoms with van der Waals surface area (Å²) in [6.45, 7) is 1.23. The van der Waals surface area contributed by atoms with Crippen molar-refractivity contribution in [1.82, 2.24) is 4.57 Å². The van der Waals surface area contributed by atoms with Gasteiger partial charge in [0.25, 0.3) is 5.56 Å². The number of hydrogen-bond donors (Lipinski definition) is 1. The molecule has 0 bridgehead atoms. The summed E-state index contributed by atoms with van der Waals surface area (Å²) >= 11 is 0. The molecule has 0 saturated carbocycles. The van der Waals surface area contributed by atoms with E-state index < -0.39 is 5.97 Å². The Morgan fingerprint density at radius 3 is 2.85 bits per heavy atom. The van der Waals surface area contributed by atoms with Gasteiger partial charge in [-0.15, -0.1) is 0 Å². The van der Waals surface area contributed by atoms with Crippen molar-refractivity contribution in [2.24, 2.45) is 0 Å². The van der Waals surface area contributed by atoms with Gasteiger partial charge in [-0.2, -0.15) is 0 Å². The summed E-state index contributed by atoms with van der Waals surface area (Å²) in [5.41, 5.74) is 2.73. The highest BCUT2D eigenvalue weighted by atomic mass is 16.5. The van der Waals surface area contributed by atoms with Crippen LogP contribution in [0.25, 0.3) is 5.69 Å². The van der Waals surface area contributed by atoms with Crippen LogP contribution in [-0.2, 0) is 17.8 Å². The van der Waals surface area contributed by atoms with Crippen molar-refractivity contribution in [3.63, 3.8) is 0 Å². The maximum Gasteiger partial charge on any atom is 0.337 e. The average molecular weight is 271 g/mol. The number of pyridine rings is 1. The highest BCUT2D eigenvalue weighted by molar-refractivity contribution is 5.87. The number of carbonyl (C=O) groups is 1. The van der Waals surface area contributed by atoms with Gasteiger partial charge < -0.3 is 9.84 Å². The van der Waals surface area contributed by atoms with Crippen LogP contribution >= 0.6 is 0 Å². The van der Waals surface area contributed by atoms with Crippen molar-refractivity contribution in [3.8, 4) is 5.69 Å². The van der Waals surface area contributed by atoms with E-state index >= 15 is 0 Å². The Bertz CT molecular complexity index is 733. The number of fused-ring (bicyclic) bond motifs is 1. The largest absolute Gasteiger partial charge is 0.478 e. The van der Waals surface area contributed by atoms with E-state index in [-0.39, 0.29) is 11.1 Å². The summed E-state index contributed by atoms with van der Waals surface area (Å²) < 4.78 is 6.74. The smallest absolute Gasteiger partial charge is 0.337 e. The molecule has 0 atom stereocenters. The minimum absolute atomic E-state index is 0.0820. The van der Waals surface area contributed by atoms with Crippen LogP contribution in [-0.4, -0.2) is 22.2 Å². The Kier molecular flexibility index (Phi) is 3.12. The molecule has 0 fully saturated rings. The van der Waals surface area contributed by atoms with Crippen molar-refractivity contribution < 1.29 is 14.6 Å². The fourth-order valence-corrected chi connectivity index (χ4v) is 2.32. The van der Waals surface area contributed by atoms with Gasteiger partial charge in [-0.25, -0.2) is 4.79 Å². The van der Waals surface area contributed by atoms with Gasteiger partial charge in [-0.1, -0.05) is 6.07 Å². The maximum atomic E-state index is 11.9. The van der Waals surface area contributed by atoms with Gasteiger partial charge in [0.05, 0.1) is 18.8 Å². The number of rotatable bonds is 2. The molecular formula is C15H13NO4. The number of benzene rings is 1. The molecule has 1 aliphatic heterocycles. The summed E-state index contributed by atoms with van der Waals surface area (Å²) in [4.78, 5) is 22.9. The van der Waals surface area contributed by atoms with Crippen molar-refractivity contribution in [2.75, 3.05) is 6.61 Å². The lowest BCUT2D eigenvalue weighted by Gasteiger charge is -2.17. The van der Waals surface area contributed by atoms with Gasteiger partial charge in [0.1, 0.15) is 0 Å². The molecule has 1 aromatic heterocycles. The molecule has 0 radical (unpaired) electrons. The number of hydrogen-bond acceptors (Lipinski definition) is 3. The highest BCUT2D eigenvalue weighted by Crippen LogP contribution is 2.20. The molecule has 2 heterocycles. The summed E-state index contributed by atoms with van der Waals surface area (Å²) in [6, 6.07) is 8.24. The number of aromatic carboxylic acids is 1. The molecule has 0 aliphatic carbocycles.